The molecule has 0 aliphatic carbocycles. The van der Waals surface area contributed by atoms with Gasteiger partial charge in [0, 0.05) is 19.3 Å². The fourth-order valence-corrected chi connectivity index (χ4v) is 1.93. The van der Waals surface area contributed by atoms with Gasteiger partial charge in [-0.05, 0) is 19.3 Å². The number of aromatic carboxylic acids is 1. The summed E-state index contributed by atoms with van der Waals surface area (Å²) in [7, 11) is 0. The molecular formula is C11H15N3O2. The molecule has 86 valence electrons. The number of carboxylic acids is 1. The standard InChI is InChI=1S/C11H15N3O2/c1-7-3-4-14(6-7)11-12-5-9(10(15)16)8(2)13-11/h5,7H,3-4,6H2,1-2H3,(H,15,16). The van der Waals surface area contributed by atoms with Gasteiger partial charge in [-0.3, -0.25) is 0 Å². The van der Waals surface area contributed by atoms with E-state index in [1.54, 1.807) is 6.92 Å². The van der Waals surface area contributed by atoms with Gasteiger partial charge in [0.2, 0.25) is 5.95 Å². The summed E-state index contributed by atoms with van der Waals surface area (Å²) in [5, 5.41) is 8.87. The molecule has 1 fully saturated rings. The van der Waals surface area contributed by atoms with Crippen molar-refractivity contribution in [3.8, 4) is 0 Å². The lowest BCUT2D eigenvalue weighted by molar-refractivity contribution is 0.0695. The molecule has 0 radical (unpaired) electrons. The van der Waals surface area contributed by atoms with Crippen molar-refractivity contribution in [2.75, 3.05) is 18.0 Å². The van der Waals surface area contributed by atoms with Gasteiger partial charge in [0.25, 0.3) is 0 Å². The molecule has 1 aromatic rings. The number of carboxylic acid groups (broad SMARTS) is 1. The molecule has 0 spiro atoms. The van der Waals surface area contributed by atoms with Crippen LogP contribution >= 0.6 is 0 Å². The summed E-state index contributed by atoms with van der Waals surface area (Å²) in [6, 6.07) is 0. The number of hydrogen-bond acceptors (Lipinski definition) is 4. The Bertz CT molecular complexity index is 420. The molecule has 2 rings (SSSR count). The van der Waals surface area contributed by atoms with E-state index in [9.17, 15) is 4.79 Å². The number of aromatic nitrogens is 2. The van der Waals surface area contributed by atoms with Crippen molar-refractivity contribution in [3.63, 3.8) is 0 Å². The summed E-state index contributed by atoms with van der Waals surface area (Å²) in [5.41, 5.74) is 0.702. The first-order valence-electron chi connectivity index (χ1n) is 5.40. The van der Waals surface area contributed by atoms with E-state index in [0.717, 1.165) is 19.5 Å². The number of rotatable bonds is 2. The van der Waals surface area contributed by atoms with Crippen LogP contribution in [-0.4, -0.2) is 34.1 Å². The molecule has 2 heterocycles. The van der Waals surface area contributed by atoms with Crippen LogP contribution in [0.1, 0.15) is 29.4 Å². The molecular weight excluding hydrogens is 206 g/mol. The minimum absolute atomic E-state index is 0.177. The maximum atomic E-state index is 10.8. The summed E-state index contributed by atoms with van der Waals surface area (Å²) in [4.78, 5) is 21.3. The molecule has 1 atom stereocenters. The highest BCUT2D eigenvalue weighted by Crippen LogP contribution is 2.20. The van der Waals surface area contributed by atoms with Gasteiger partial charge in [-0.25, -0.2) is 14.8 Å². The molecule has 0 aromatic carbocycles. The molecule has 1 aliphatic heterocycles. The van der Waals surface area contributed by atoms with Crippen LogP contribution in [0.5, 0.6) is 0 Å². The van der Waals surface area contributed by atoms with Crippen LogP contribution in [-0.2, 0) is 0 Å². The Morgan fingerprint density at radius 2 is 2.38 bits per heavy atom. The van der Waals surface area contributed by atoms with Crippen LogP contribution in [0.15, 0.2) is 6.20 Å². The maximum Gasteiger partial charge on any atom is 0.339 e. The highest BCUT2D eigenvalue weighted by atomic mass is 16.4. The molecule has 1 aromatic heterocycles. The number of anilines is 1. The summed E-state index contributed by atoms with van der Waals surface area (Å²) in [6.07, 6.45) is 2.53. The third-order valence-electron chi connectivity index (χ3n) is 2.90. The first kappa shape index (κ1) is 10.9. The second-order valence-corrected chi connectivity index (χ2v) is 4.31. The van der Waals surface area contributed by atoms with Crippen LogP contribution in [0, 0.1) is 12.8 Å². The Morgan fingerprint density at radius 1 is 1.62 bits per heavy atom. The van der Waals surface area contributed by atoms with Crippen molar-refractivity contribution in [1.29, 1.82) is 0 Å². The minimum atomic E-state index is -0.973. The van der Waals surface area contributed by atoms with E-state index < -0.39 is 5.97 Å². The molecule has 16 heavy (non-hydrogen) atoms. The van der Waals surface area contributed by atoms with E-state index in [4.69, 9.17) is 5.11 Å². The topological polar surface area (TPSA) is 66.3 Å². The minimum Gasteiger partial charge on any atom is -0.478 e. The quantitative estimate of drug-likeness (QED) is 0.816. The van der Waals surface area contributed by atoms with Gasteiger partial charge in [0.05, 0.1) is 11.3 Å². The maximum absolute atomic E-state index is 10.8. The van der Waals surface area contributed by atoms with Gasteiger partial charge in [0.15, 0.2) is 0 Å². The fourth-order valence-electron chi connectivity index (χ4n) is 1.93. The van der Waals surface area contributed by atoms with Crippen molar-refractivity contribution in [2.24, 2.45) is 5.92 Å². The molecule has 0 amide bonds. The molecule has 1 N–H and O–H groups in total. The van der Waals surface area contributed by atoms with Gasteiger partial charge in [-0.1, -0.05) is 6.92 Å². The number of aryl methyl sites for hydroxylation is 1. The van der Waals surface area contributed by atoms with Crippen LogP contribution in [0.3, 0.4) is 0 Å². The third kappa shape index (κ3) is 1.98. The number of carbonyl (C=O) groups is 1. The predicted molar refractivity (Wildman–Crippen MR) is 59.7 cm³/mol. The van der Waals surface area contributed by atoms with E-state index in [1.807, 2.05) is 0 Å². The molecule has 0 saturated carbocycles. The van der Waals surface area contributed by atoms with Gasteiger partial charge in [-0.2, -0.15) is 0 Å². The Hall–Kier alpha value is -1.65. The summed E-state index contributed by atoms with van der Waals surface area (Å²) in [5.74, 6) is 0.328. The molecule has 1 unspecified atom stereocenters. The Labute approximate surface area is 94.1 Å². The average molecular weight is 221 g/mol. The monoisotopic (exact) mass is 221 g/mol. The van der Waals surface area contributed by atoms with E-state index in [-0.39, 0.29) is 5.56 Å². The highest BCUT2D eigenvalue weighted by Gasteiger charge is 2.21. The number of nitrogens with zero attached hydrogens (tertiary/aromatic N) is 3. The Kier molecular flexibility index (Phi) is 2.77. The van der Waals surface area contributed by atoms with Gasteiger partial charge < -0.3 is 10.0 Å². The highest BCUT2D eigenvalue weighted by molar-refractivity contribution is 5.88. The zero-order chi connectivity index (χ0) is 11.7. The molecule has 1 saturated heterocycles. The number of hydrogen-bond donors (Lipinski definition) is 1. The first-order chi connectivity index (χ1) is 7.58. The zero-order valence-electron chi connectivity index (χ0n) is 9.47. The Morgan fingerprint density at radius 3 is 2.88 bits per heavy atom. The fraction of sp³-hybridized carbons (Fsp3) is 0.545. The van der Waals surface area contributed by atoms with Crippen LogP contribution < -0.4 is 4.90 Å². The van der Waals surface area contributed by atoms with E-state index in [1.165, 1.54) is 6.20 Å². The van der Waals surface area contributed by atoms with Crippen molar-refractivity contribution < 1.29 is 9.90 Å². The smallest absolute Gasteiger partial charge is 0.339 e. The van der Waals surface area contributed by atoms with Crippen molar-refractivity contribution in [1.82, 2.24) is 9.97 Å². The molecule has 0 bridgehead atoms. The lowest BCUT2D eigenvalue weighted by atomic mass is 10.2. The predicted octanol–water partition coefficient (Wildman–Crippen LogP) is 1.33. The lowest BCUT2D eigenvalue weighted by Crippen LogP contribution is -2.22. The van der Waals surface area contributed by atoms with Crippen molar-refractivity contribution >= 4 is 11.9 Å². The van der Waals surface area contributed by atoms with E-state index in [2.05, 4.69) is 21.8 Å². The van der Waals surface area contributed by atoms with Crippen LogP contribution in [0.4, 0.5) is 5.95 Å². The normalized spacial score (nSPS) is 20.1. The van der Waals surface area contributed by atoms with Gasteiger partial charge in [0.1, 0.15) is 0 Å². The largest absolute Gasteiger partial charge is 0.478 e. The molecule has 1 aliphatic rings. The molecule has 5 nitrogen and oxygen atoms in total. The lowest BCUT2D eigenvalue weighted by Gasteiger charge is -2.16. The van der Waals surface area contributed by atoms with E-state index in [0.29, 0.717) is 17.6 Å². The van der Waals surface area contributed by atoms with Gasteiger partial charge in [-0.15, -0.1) is 0 Å². The van der Waals surface area contributed by atoms with Crippen LogP contribution in [0.2, 0.25) is 0 Å². The van der Waals surface area contributed by atoms with Gasteiger partial charge >= 0.3 is 5.97 Å². The Balaban J connectivity index is 2.24. The average Bonchev–Trinajstić information content (AvgIpc) is 2.64. The van der Waals surface area contributed by atoms with Crippen molar-refractivity contribution in [3.05, 3.63) is 17.5 Å². The zero-order valence-corrected chi connectivity index (χ0v) is 9.47. The second-order valence-electron chi connectivity index (χ2n) is 4.31. The third-order valence-corrected chi connectivity index (χ3v) is 2.90. The summed E-state index contributed by atoms with van der Waals surface area (Å²) in [6.45, 7) is 5.80. The van der Waals surface area contributed by atoms with E-state index >= 15 is 0 Å². The molecule has 5 heteroatoms. The van der Waals surface area contributed by atoms with Crippen LogP contribution in [0.25, 0.3) is 0 Å². The summed E-state index contributed by atoms with van der Waals surface area (Å²) < 4.78 is 0. The summed E-state index contributed by atoms with van der Waals surface area (Å²) >= 11 is 0. The van der Waals surface area contributed by atoms with Crippen molar-refractivity contribution in [2.45, 2.75) is 20.3 Å². The SMILES string of the molecule is Cc1nc(N2CCC(C)C2)ncc1C(=O)O. The first-order valence-corrected chi connectivity index (χ1v) is 5.40. The second kappa shape index (κ2) is 4.08.